The molecule has 1 saturated heterocycles. The van der Waals surface area contributed by atoms with Crippen LogP contribution >= 0.6 is 0 Å². The third-order valence-electron chi connectivity index (χ3n) is 3.50. The molecule has 1 fully saturated rings. The molecule has 6 heteroatoms. The van der Waals surface area contributed by atoms with Crippen molar-refractivity contribution < 1.29 is 8.81 Å². The fourth-order valence-corrected chi connectivity index (χ4v) is 2.52. The fraction of sp³-hybridized carbons (Fsp3) is 0.385. The molecule has 0 aliphatic carbocycles. The number of halogens is 1. The Hall–Kier alpha value is -2.11. The van der Waals surface area contributed by atoms with E-state index in [1.54, 1.807) is 12.1 Å². The van der Waals surface area contributed by atoms with Crippen molar-refractivity contribution in [3.8, 4) is 11.5 Å². The fourth-order valence-electron chi connectivity index (χ4n) is 2.52. The van der Waals surface area contributed by atoms with Crippen LogP contribution in [0.15, 0.2) is 22.6 Å². The molecule has 2 heterocycles. The maximum atomic E-state index is 14.2. The molecule has 2 N–H and O–H groups in total. The van der Waals surface area contributed by atoms with E-state index < -0.39 is 0 Å². The molecule has 1 aliphatic heterocycles. The van der Waals surface area contributed by atoms with Crippen molar-refractivity contribution >= 4 is 11.7 Å². The first-order chi connectivity index (χ1) is 9.15. The van der Waals surface area contributed by atoms with E-state index in [1.165, 1.54) is 6.07 Å². The van der Waals surface area contributed by atoms with Gasteiger partial charge in [-0.3, -0.25) is 0 Å². The van der Waals surface area contributed by atoms with Crippen LogP contribution in [0.4, 0.5) is 16.1 Å². The van der Waals surface area contributed by atoms with Gasteiger partial charge >= 0.3 is 6.01 Å². The third-order valence-corrected chi connectivity index (χ3v) is 3.50. The monoisotopic (exact) mass is 262 g/mol. The third kappa shape index (κ3) is 2.14. The van der Waals surface area contributed by atoms with Gasteiger partial charge in [0.1, 0.15) is 5.82 Å². The quantitative estimate of drug-likeness (QED) is 0.900. The Balaban J connectivity index is 1.93. The zero-order chi connectivity index (χ0) is 13.4. The number of nitrogen functional groups attached to an aromatic ring is 1. The second kappa shape index (κ2) is 4.53. The molecule has 0 saturated carbocycles. The lowest BCUT2D eigenvalue weighted by atomic mass is 10.1. The summed E-state index contributed by atoms with van der Waals surface area (Å²) in [6.45, 7) is 3.00. The van der Waals surface area contributed by atoms with Gasteiger partial charge in [-0.05, 0) is 38.0 Å². The van der Waals surface area contributed by atoms with Crippen LogP contribution in [0.2, 0.25) is 0 Å². The number of nitrogens with zero attached hydrogens (tertiary/aromatic N) is 3. The van der Waals surface area contributed by atoms with Crippen LogP contribution in [0.25, 0.3) is 11.5 Å². The average molecular weight is 262 g/mol. The zero-order valence-electron chi connectivity index (χ0n) is 10.6. The Morgan fingerprint density at radius 2 is 2.26 bits per heavy atom. The van der Waals surface area contributed by atoms with Crippen molar-refractivity contribution in [1.29, 1.82) is 0 Å². The number of benzene rings is 1. The molecule has 2 aromatic rings. The number of hydrogen-bond donors (Lipinski definition) is 1. The summed E-state index contributed by atoms with van der Waals surface area (Å²) < 4.78 is 19.3. The summed E-state index contributed by atoms with van der Waals surface area (Å²) in [6.07, 6.45) is 2.20. The number of hydrogen-bond acceptors (Lipinski definition) is 5. The van der Waals surface area contributed by atoms with E-state index in [2.05, 4.69) is 22.0 Å². The zero-order valence-corrected chi connectivity index (χ0v) is 10.6. The van der Waals surface area contributed by atoms with Gasteiger partial charge in [-0.2, -0.15) is 0 Å². The Labute approximate surface area is 110 Å². The molecule has 0 radical (unpaired) electrons. The van der Waals surface area contributed by atoms with E-state index in [0.29, 0.717) is 17.3 Å². The summed E-state index contributed by atoms with van der Waals surface area (Å²) >= 11 is 0. The maximum absolute atomic E-state index is 14.2. The van der Waals surface area contributed by atoms with Crippen LogP contribution in [-0.4, -0.2) is 22.8 Å². The normalized spacial score (nSPS) is 19.1. The summed E-state index contributed by atoms with van der Waals surface area (Å²) in [5.41, 5.74) is 6.52. The number of rotatable bonds is 2. The Morgan fingerprint density at radius 3 is 2.84 bits per heavy atom. The molecular weight excluding hydrogens is 247 g/mol. The molecule has 0 amide bonds. The maximum Gasteiger partial charge on any atom is 0.313 e. The first-order valence-electron chi connectivity index (χ1n) is 6.30. The molecule has 1 aromatic carbocycles. The highest BCUT2D eigenvalue weighted by molar-refractivity contribution is 5.61. The lowest BCUT2D eigenvalue weighted by Crippen LogP contribution is -2.27. The molecule has 1 atom stereocenters. The average Bonchev–Trinajstić information content (AvgIpc) is 2.98. The van der Waals surface area contributed by atoms with Gasteiger partial charge in [-0.25, -0.2) is 4.39 Å². The van der Waals surface area contributed by atoms with Crippen molar-refractivity contribution in [3.63, 3.8) is 0 Å². The van der Waals surface area contributed by atoms with Gasteiger partial charge in [-0.1, -0.05) is 5.10 Å². The Morgan fingerprint density at radius 1 is 1.42 bits per heavy atom. The summed E-state index contributed by atoms with van der Waals surface area (Å²) in [7, 11) is 0. The second-order valence-corrected chi connectivity index (χ2v) is 4.80. The molecule has 0 unspecified atom stereocenters. The van der Waals surface area contributed by atoms with E-state index in [-0.39, 0.29) is 17.7 Å². The minimum absolute atomic E-state index is 0.0207. The highest BCUT2D eigenvalue weighted by Crippen LogP contribution is 2.30. The topological polar surface area (TPSA) is 68.2 Å². The standard InChI is InChI=1S/C13H15FN4O/c1-8-3-2-6-18(8)11-5-4-9(7-10(11)14)12-16-17-13(15)19-12/h4-5,7-8H,2-3,6H2,1H3,(H2,15,17)/t8-/m0/s1. The van der Waals surface area contributed by atoms with E-state index in [9.17, 15) is 4.39 Å². The molecule has 3 rings (SSSR count). The van der Waals surface area contributed by atoms with Gasteiger partial charge in [-0.15, -0.1) is 5.10 Å². The molecule has 0 bridgehead atoms. The predicted molar refractivity (Wildman–Crippen MR) is 70.1 cm³/mol. The number of anilines is 2. The van der Waals surface area contributed by atoms with Gasteiger partial charge in [0, 0.05) is 18.2 Å². The number of nitrogens with two attached hydrogens (primary N) is 1. The van der Waals surface area contributed by atoms with E-state index in [1.807, 2.05) is 0 Å². The van der Waals surface area contributed by atoms with Gasteiger partial charge in [0.05, 0.1) is 5.69 Å². The van der Waals surface area contributed by atoms with Crippen molar-refractivity contribution in [3.05, 3.63) is 24.0 Å². The van der Waals surface area contributed by atoms with E-state index in [4.69, 9.17) is 10.2 Å². The number of aromatic nitrogens is 2. The molecule has 19 heavy (non-hydrogen) atoms. The van der Waals surface area contributed by atoms with Crippen molar-refractivity contribution in [2.45, 2.75) is 25.8 Å². The largest absolute Gasteiger partial charge is 0.404 e. The molecule has 0 spiro atoms. The smallest absolute Gasteiger partial charge is 0.313 e. The van der Waals surface area contributed by atoms with E-state index >= 15 is 0 Å². The molecule has 5 nitrogen and oxygen atoms in total. The highest BCUT2D eigenvalue weighted by atomic mass is 19.1. The lowest BCUT2D eigenvalue weighted by molar-refractivity contribution is 0.586. The van der Waals surface area contributed by atoms with Crippen molar-refractivity contribution in [2.75, 3.05) is 17.2 Å². The Kier molecular flexibility index (Phi) is 2.85. The minimum Gasteiger partial charge on any atom is -0.404 e. The van der Waals surface area contributed by atoms with Gasteiger partial charge in [0.15, 0.2) is 0 Å². The molecule has 1 aromatic heterocycles. The minimum atomic E-state index is -0.275. The van der Waals surface area contributed by atoms with Gasteiger partial charge in [0.25, 0.3) is 0 Å². The second-order valence-electron chi connectivity index (χ2n) is 4.80. The summed E-state index contributed by atoms with van der Waals surface area (Å²) in [6, 6.07) is 5.29. The van der Waals surface area contributed by atoms with Crippen molar-refractivity contribution in [1.82, 2.24) is 10.2 Å². The summed E-state index contributed by atoms with van der Waals surface area (Å²) in [5.74, 6) is -0.0413. The summed E-state index contributed by atoms with van der Waals surface area (Å²) in [5, 5.41) is 7.31. The van der Waals surface area contributed by atoms with Crippen LogP contribution in [0, 0.1) is 5.82 Å². The molecule has 1 aliphatic rings. The first kappa shape index (κ1) is 12.0. The molecular formula is C13H15FN4O. The molecule has 100 valence electrons. The lowest BCUT2D eigenvalue weighted by Gasteiger charge is -2.24. The summed E-state index contributed by atoms with van der Waals surface area (Å²) in [4.78, 5) is 2.08. The van der Waals surface area contributed by atoms with Crippen molar-refractivity contribution in [2.24, 2.45) is 0 Å². The van der Waals surface area contributed by atoms with Gasteiger partial charge < -0.3 is 15.1 Å². The highest BCUT2D eigenvalue weighted by Gasteiger charge is 2.23. The van der Waals surface area contributed by atoms with E-state index in [0.717, 1.165) is 19.4 Å². The van der Waals surface area contributed by atoms with Crippen LogP contribution in [-0.2, 0) is 0 Å². The Bertz CT molecular complexity index is 598. The van der Waals surface area contributed by atoms with Crippen LogP contribution in [0.3, 0.4) is 0 Å². The van der Waals surface area contributed by atoms with Crippen LogP contribution in [0.5, 0.6) is 0 Å². The first-order valence-corrected chi connectivity index (χ1v) is 6.30. The predicted octanol–water partition coefficient (Wildman–Crippen LogP) is 2.45. The van der Waals surface area contributed by atoms with Gasteiger partial charge in [0.2, 0.25) is 5.89 Å². The van der Waals surface area contributed by atoms with Crippen LogP contribution < -0.4 is 10.6 Å². The SMILES string of the molecule is C[C@H]1CCCN1c1ccc(-c2nnc(N)o2)cc1F. The van der Waals surface area contributed by atoms with Crippen LogP contribution in [0.1, 0.15) is 19.8 Å².